The second-order valence-corrected chi connectivity index (χ2v) is 6.26. The van der Waals surface area contributed by atoms with Crippen molar-refractivity contribution in [2.45, 2.75) is 27.1 Å². The van der Waals surface area contributed by atoms with Crippen LogP contribution >= 0.6 is 0 Å². The Morgan fingerprint density at radius 1 is 0.963 bits per heavy atom. The van der Waals surface area contributed by atoms with Gasteiger partial charge in [0.15, 0.2) is 0 Å². The van der Waals surface area contributed by atoms with E-state index in [2.05, 4.69) is 16.2 Å². The number of nitrogens with one attached hydrogen (secondary N) is 3. The van der Waals surface area contributed by atoms with E-state index in [1.54, 1.807) is 27.0 Å². The number of ether oxygens (including phenoxy) is 2. The van der Waals surface area contributed by atoms with Crippen LogP contribution in [0.4, 0.5) is 10.5 Å². The van der Waals surface area contributed by atoms with Gasteiger partial charge in [-0.25, -0.2) is 10.2 Å². The Bertz CT molecular complexity index is 760. The Morgan fingerprint density at radius 2 is 1.67 bits per heavy atom. The molecular weight excluding hydrogens is 346 g/mol. The van der Waals surface area contributed by atoms with Gasteiger partial charge in [0.25, 0.3) is 0 Å². The van der Waals surface area contributed by atoms with E-state index in [1.165, 1.54) is 0 Å². The SMILES string of the molecule is COc1ccc(COCc2cccc(NC(=O)NNC(=O)C(C)C)c2)cc1. The van der Waals surface area contributed by atoms with Gasteiger partial charge in [0, 0.05) is 11.6 Å². The van der Waals surface area contributed by atoms with E-state index < -0.39 is 6.03 Å². The van der Waals surface area contributed by atoms with Gasteiger partial charge in [-0.3, -0.25) is 10.2 Å². The lowest BCUT2D eigenvalue weighted by atomic mass is 10.2. The van der Waals surface area contributed by atoms with Crippen molar-refractivity contribution in [3.8, 4) is 5.75 Å². The van der Waals surface area contributed by atoms with Gasteiger partial charge in [-0.15, -0.1) is 0 Å². The van der Waals surface area contributed by atoms with Gasteiger partial charge in [0.1, 0.15) is 5.75 Å². The van der Waals surface area contributed by atoms with Crippen LogP contribution in [0.1, 0.15) is 25.0 Å². The van der Waals surface area contributed by atoms with Gasteiger partial charge < -0.3 is 14.8 Å². The molecule has 0 saturated heterocycles. The average molecular weight is 371 g/mol. The number of amides is 3. The van der Waals surface area contributed by atoms with Crippen molar-refractivity contribution in [2.24, 2.45) is 5.92 Å². The summed E-state index contributed by atoms with van der Waals surface area (Å²) in [7, 11) is 1.63. The molecule has 0 aliphatic rings. The molecule has 0 unspecified atom stereocenters. The van der Waals surface area contributed by atoms with E-state index in [4.69, 9.17) is 9.47 Å². The zero-order valence-corrected chi connectivity index (χ0v) is 15.7. The fourth-order valence-corrected chi connectivity index (χ4v) is 2.17. The van der Waals surface area contributed by atoms with E-state index in [1.807, 2.05) is 42.5 Å². The highest BCUT2D eigenvalue weighted by atomic mass is 16.5. The van der Waals surface area contributed by atoms with Crippen molar-refractivity contribution in [1.82, 2.24) is 10.9 Å². The lowest BCUT2D eigenvalue weighted by Crippen LogP contribution is -2.45. The summed E-state index contributed by atoms with van der Waals surface area (Å²) in [6.07, 6.45) is 0. The first-order valence-electron chi connectivity index (χ1n) is 8.64. The molecule has 0 radical (unpaired) electrons. The van der Waals surface area contributed by atoms with Crippen LogP contribution in [0.5, 0.6) is 5.75 Å². The summed E-state index contributed by atoms with van der Waals surface area (Å²) >= 11 is 0. The van der Waals surface area contributed by atoms with Gasteiger partial charge in [-0.2, -0.15) is 0 Å². The maximum absolute atomic E-state index is 11.8. The summed E-state index contributed by atoms with van der Waals surface area (Å²) in [5.74, 6) is 0.336. The number of benzene rings is 2. The molecule has 27 heavy (non-hydrogen) atoms. The highest BCUT2D eigenvalue weighted by Gasteiger charge is 2.08. The molecule has 2 aromatic rings. The third kappa shape index (κ3) is 6.99. The number of carbonyl (C=O) groups excluding carboxylic acids is 2. The van der Waals surface area contributed by atoms with E-state index in [0.717, 1.165) is 16.9 Å². The quantitative estimate of drug-likeness (QED) is 0.652. The molecule has 2 rings (SSSR count). The number of urea groups is 1. The molecule has 0 spiro atoms. The number of anilines is 1. The van der Waals surface area contributed by atoms with Crippen LogP contribution < -0.4 is 20.9 Å². The van der Waals surface area contributed by atoms with E-state index in [-0.39, 0.29) is 11.8 Å². The molecule has 0 saturated carbocycles. The molecule has 0 aromatic heterocycles. The van der Waals surface area contributed by atoms with Crippen LogP contribution in [0, 0.1) is 5.92 Å². The van der Waals surface area contributed by atoms with Gasteiger partial charge in [-0.1, -0.05) is 38.1 Å². The highest BCUT2D eigenvalue weighted by molar-refractivity contribution is 5.91. The lowest BCUT2D eigenvalue weighted by molar-refractivity contribution is -0.124. The second-order valence-electron chi connectivity index (χ2n) is 6.26. The summed E-state index contributed by atoms with van der Waals surface area (Å²) in [4.78, 5) is 23.3. The normalized spacial score (nSPS) is 10.4. The summed E-state index contributed by atoms with van der Waals surface area (Å²) in [6.45, 7) is 4.37. The molecule has 144 valence electrons. The predicted octanol–water partition coefficient (Wildman–Crippen LogP) is 3.22. The number of hydrogen-bond donors (Lipinski definition) is 3. The van der Waals surface area contributed by atoms with Crippen molar-refractivity contribution in [3.63, 3.8) is 0 Å². The average Bonchev–Trinajstić information content (AvgIpc) is 2.67. The van der Waals surface area contributed by atoms with Gasteiger partial charge >= 0.3 is 6.03 Å². The minimum absolute atomic E-state index is 0.212. The molecule has 0 atom stereocenters. The molecule has 7 heteroatoms. The van der Waals surface area contributed by atoms with Crippen molar-refractivity contribution in [3.05, 3.63) is 59.7 Å². The molecule has 3 N–H and O–H groups in total. The minimum atomic E-state index is -0.514. The zero-order chi connectivity index (χ0) is 19.6. The lowest BCUT2D eigenvalue weighted by Gasteiger charge is -2.11. The Labute approximate surface area is 159 Å². The third-order valence-corrected chi connectivity index (χ3v) is 3.70. The van der Waals surface area contributed by atoms with Gasteiger partial charge in [-0.05, 0) is 35.4 Å². The van der Waals surface area contributed by atoms with Crippen LogP contribution in [0.3, 0.4) is 0 Å². The van der Waals surface area contributed by atoms with Crippen LogP contribution in [0.15, 0.2) is 48.5 Å². The Morgan fingerprint density at radius 3 is 2.33 bits per heavy atom. The van der Waals surface area contributed by atoms with Crippen LogP contribution in [-0.2, 0) is 22.7 Å². The first-order chi connectivity index (χ1) is 13.0. The van der Waals surface area contributed by atoms with Gasteiger partial charge in [0.2, 0.25) is 5.91 Å². The Hall–Kier alpha value is -3.06. The maximum atomic E-state index is 11.8. The van der Waals surface area contributed by atoms with E-state index >= 15 is 0 Å². The number of hydrogen-bond acceptors (Lipinski definition) is 4. The Balaban J connectivity index is 1.80. The number of carbonyl (C=O) groups is 2. The van der Waals surface area contributed by atoms with Crippen LogP contribution in [0.25, 0.3) is 0 Å². The first-order valence-corrected chi connectivity index (χ1v) is 8.64. The van der Waals surface area contributed by atoms with Crippen LogP contribution in [0.2, 0.25) is 0 Å². The predicted molar refractivity (Wildman–Crippen MR) is 103 cm³/mol. The first kappa shape index (κ1) is 20.3. The van der Waals surface area contributed by atoms with Crippen molar-refractivity contribution in [1.29, 1.82) is 0 Å². The smallest absolute Gasteiger partial charge is 0.337 e. The van der Waals surface area contributed by atoms with E-state index in [9.17, 15) is 9.59 Å². The Kier molecular flexibility index (Phi) is 7.63. The van der Waals surface area contributed by atoms with E-state index in [0.29, 0.717) is 18.9 Å². The standard InChI is InChI=1S/C20H25N3O4/c1-14(2)19(24)22-23-20(25)21-17-6-4-5-16(11-17)13-27-12-15-7-9-18(26-3)10-8-15/h4-11,14H,12-13H2,1-3H3,(H,22,24)(H2,21,23,25). The second kappa shape index (κ2) is 10.2. The summed E-state index contributed by atoms with van der Waals surface area (Å²) in [5, 5.41) is 2.66. The van der Waals surface area contributed by atoms with Crippen molar-refractivity contribution in [2.75, 3.05) is 12.4 Å². The van der Waals surface area contributed by atoms with Crippen LogP contribution in [-0.4, -0.2) is 19.0 Å². The molecule has 0 fully saturated rings. The molecule has 0 heterocycles. The maximum Gasteiger partial charge on any atom is 0.337 e. The zero-order valence-electron chi connectivity index (χ0n) is 15.7. The highest BCUT2D eigenvalue weighted by Crippen LogP contribution is 2.14. The monoisotopic (exact) mass is 371 g/mol. The molecule has 0 aliphatic carbocycles. The number of rotatable bonds is 7. The molecular formula is C20H25N3O4. The topological polar surface area (TPSA) is 88.7 Å². The third-order valence-electron chi connectivity index (χ3n) is 3.70. The minimum Gasteiger partial charge on any atom is -0.497 e. The summed E-state index contributed by atoms with van der Waals surface area (Å²) in [6, 6.07) is 14.5. The molecule has 0 bridgehead atoms. The molecule has 7 nitrogen and oxygen atoms in total. The molecule has 2 aromatic carbocycles. The fourth-order valence-electron chi connectivity index (χ4n) is 2.17. The summed E-state index contributed by atoms with van der Waals surface area (Å²) in [5.41, 5.74) is 7.24. The van der Waals surface area contributed by atoms with Crippen molar-refractivity contribution < 1.29 is 19.1 Å². The van der Waals surface area contributed by atoms with Gasteiger partial charge in [0.05, 0.1) is 20.3 Å². The molecule has 0 aliphatic heterocycles. The summed E-state index contributed by atoms with van der Waals surface area (Å²) < 4.78 is 10.8. The van der Waals surface area contributed by atoms with Crippen molar-refractivity contribution >= 4 is 17.6 Å². The largest absolute Gasteiger partial charge is 0.497 e. The molecule has 3 amide bonds. The number of hydrazine groups is 1. The number of methoxy groups -OCH3 is 1. The fraction of sp³-hybridized carbons (Fsp3) is 0.300.